The van der Waals surface area contributed by atoms with Gasteiger partial charge in [0.1, 0.15) is 5.82 Å². The van der Waals surface area contributed by atoms with Crippen LogP contribution in [0.1, 0.15) is 46.9 Å². The smallest absolute Gasteiger partial charge is 0.352 e. The van der Waals surface area contributed by atoms with Gasteiger partial charge in [0.2, 0.25) is 5.69 Å². The fourth-order valence-electron chi connectivity index (χ4n) is 4.43. The molecule has 1 unspecified atom stereocenters. The number of nitrogens with zero attached hydrogens (tertiary/aromatic N) is 4. The van der Waals surface area contributed by atoms with Crippen LogP contribution in [0.3, 0.4) is 0 Å². The fourth-order valence-corrected chi connectivity index (χ4v) is 4.43. The van der Waals surface area contributed by atoms with Gasteiger partial charge >= 0.3 is 11.7 Å². The highest BCUT2D eigenvalue weighted by atomic mass is 19.1. The Bertz CT molecular complexity index is 1460. The van der Waals surface area contributed by atoms with Crippen LogP contribution in [-0.2, 0) is 16.1 Å². The van der Waals surface area contributed by atoms with E-state index in [1.165, 1.54) is 17.0 Å². The first-order valence-corrected chi connectivity index (χ1v) is 12.2. The van der Waals surface area contributed by atoms with Gasteiger partial charge in [0.25, 0.3) is 11.5 Å². The van der Waals surface area contributed by atoms with Gasteiger partial charge in [0.05, 0.1) is 24.8 Å². The minimum atomic E-state index is -0.849. The molecule has 37 heavy (non-hydrogen) atoms. The number of carbonyl (C=O) groups excluding carboxylic acids is 2. The van der Waals surface area contributed by atoms with Crippen LogP contribution in [0, 0.1) is 25.6 Å². The summed E-state index contributed by atoms with van der Waals surface area (Å²) in [6.07, 6.45) is 1.12. The summed E-state index contributed by atoms with van der Waals surface area (Å²) in [6.45, 7) is 5.72. The highest BCUT2D eigenvalue weighted by Gasteiger charge is 2.32. The summed E-state index contributed by atoms with van der Waals surface area (Å²) in [7, 11) is 0. The third-order valence-corrected chi connectivity index (χ3v) is 6.41. The van der Waals surface area contributed by atoms with Gasteiger partial charge in [0, 0.05) is 19.2 Å². The average molecular weight is 509 g/mol. The number of hydrogen-bond donors (Lipinski definition) is 0. The first kappa shape index (κ1) is 26.0. The van der Waals surface area contributed by atoms with Crippen molar-refractivity contribution in [1.29, 1.82) is 0 Å². The van der Waals surface area contributed by atoms with E-state index in [-0.39, 0.29) is 25.4 Å². The maximum atomic E-state index is 14.4. The second-order valence-electron chi connectivity index (χ2n) is 9.20. The molecule has 0 N–H and O–H groups in total. The van der Waals surface area contributed by atoms with Crippen LogP contribution >= 0.6 is 0 Å². The molecule has 2 heterocycles. The number of amides is 1. The summed E-state index contributed by atoms with van der Waals surface area (Å²) in [5.41, 5.74) is -0.0330. The van der Waals surface area contributed by atoms with Crippen molar-refractivity contribution in [1.82, 2.24) is 19.2 Å². The lowest BCUT2D eigenvalue weighted by molar-refractivity contribution is -0.149. The minimum Gasteiger partial charge on any atom is -0.466 e. The molecule has 10 heteroatoms. The van der Waals surface area contributed by atoms with Crippen molar-refractivity contribution in [2.75, 3.05) is 19.7 Å². The molecule has 2 aromatic carbocycles. The number of piperidine rings is 1. The molecule has 1 fully saturated rings. The van der Waals surface area contributed by atoms with Crippen LogP contribution in [-0.4, -0.2) is 50.8 Å². The SMILES string of the molecule is CCOC(=O)C1CCCN(C(=O)c2nn(-c3ccc(C)c(F)c3)c(=O)n(Cc3cccc(C)c3)c2=O)C1. The Kier molecular flexibility index (Phi) is 7.66. The van der Waals surface area contributed by atoms with Gasteiger partial charge in [-0.2, -0.15) is 9.78 Å². The number of ether oxygens (including phenoxy) is 1. The summed E-state index contributed by atoms with van der Waals surface area (Å²) in [5, 5.41) is 4.11. The maximum absolute atomic E-state index is 14.4. The number of carbonyl (C=O) groups is 2. The Balaban J connectivity index is 1.81. The molecule has 3 aromatic rings. The van der Waals surface area contributed by atoms with Crippen molar-refractivity contribution < 1.29 is 18.7 Å². The molecule has 9 nitrogen and oxygen atoms in total. The van der Waals surface area contributed by atoms with E-state index in [1.54, 1.807) is 26.0 Å². The number of rotatable bonds is 6. The second kappa shape index (κ2) is 10.9. The third-order valence-electron chi connectivity index (χ3n) is 6.41. The normalized spacial score (nSPS) is 15.5. The minimum absolute atomic E-state index is 0.0783. The second-order valence-corrected chi connectivity index (χ2v) is 9.20. The van der Waals surface area contributed by atoms with Crippen LogP contribution in [0.5, 0.6) is 0 Å². The highest BCUT2D eigenvalue weighted by Crippen LogP contribution is 2.19. The van der Waals surface area contributed by atoms with E-state index in [1.807, 2.05) is 19.1 Å². The first-order valence-electron chi connectivity index (χ1n) is 12.2. The van der Waals surface area contributed by atoms with Crippen molar-refractivity contribution in [3.8, 4) is 5.69 Å². The van der Waals surface area contributed by atoms with Gasteiger partial charge in [-0.3, -0.25) is 19.0 Å². The van der Waals surface area contributed by atoms with E-state index in [0.29, 0.717) is 30.5 Å². The number of esters is 1. The number of halogens is 1. The highest BCUT2D eigenvalue weighted by molar-refractivity contribution is 5.92. The van der Waals surface area contributed by atoms with Gasteiger partial charge in [0.15, 0.2) is 0 Å². The maximum Gasteiger partial charge on any atom is 0.352 e. The summed E-state index contributed by atoms with van der Waals surface area (Å²) in [5.74, 6) is -2.16. The Morgan fingerprint density at radius 3 is 2.62 bits per heavy atom. The Morgan fingerprint density at radius 2 is 1.92 bits per heavy atom. The van der Waals surface area contributed by atoms with Crippen LogP contribution in [0.4, 0.5) is 4.39 Å². The first-order chi connectivity index (χ1) is 17.7. The quantitative estimate of drug-likeness (QED) is 0.474. The summed E-state index contributed by atoms with van der Waals surface area (Å²) < 4.78 is 21.3. The van der Waals surface area contributed by atoms with Gasteiger partial charge in [-0.05, 0) is 50.8 Å². The topological polar surface area (TPSA) is 104 Å². The van der Waals surface area contributed by atoms with E-state index in [2.05, 4.69) is 5.10 Å². The number of aryl methyl sites for hydroxylation is 2. The van der Waals surface area contributed by atoms with Crippen molar-refractivity contribution in [2.45, 2.75) is 40.2 Å². The predicted octanol–water partition coefficient (Wildman–Crippen LogP) is 2.61. The monoisotopic (exact) mass is 508 g/mol. The van der Waals surface area contributed by atoms with Gasteiger partial charge < -0.3 is 9.64 Å². The standard InChI is InChI=1S/C27H29FN4O5/c1-4-37-26(35)20-9-6-12-30(16-20)24(33)23-25(34)31(15-19-8-5-7-17(2)13-19)27(36)32(29-23)21-11-10-18(3)22(28)14-21/h5,7-8,10-11,13-14,20H,4,6,9,12,15-16H2,1-3H3. The van der Waals surface area contributed by atoms with Gasteiger partial charge in [-0.25, -0.2) is 9.18 Å². The zero-order chi connectivity index (χ0) is 26.7. The van der Waals surface area contributed by atoms with Gasteiger partial charge in [-0.1, -0.05) is 35.9 Å². The molecule has 1 saturated heterocycles. The van der Waals surface area contributed by atoms with Crippen molar-refractivity contribution >= 4 is 11.9 Å². The lowest BCUT2D eigenvalue weighted by Gasteiger charge is -2.31. The molecule has 0 radical (unpaired) electrons. The molecule has 0 spiro atoms. The van der Waals surface area contributed by atoms with E-state index in [9.17, 15) is 23.6 Å². The lowest BCUT2D eigenvalue weighted by Crippen LogP contribution is -2.49. The third kappa shape index (κ3) is 5.52. The molecule has 1 aromatic heterocycles. The zero-order valence-corrected chi connectivity index (χ0v) is 21.1. The van der Waals surface area contributed by atoms with Crippen molar-refractivity contribution in [3.63, 3.8) is 0 Å². The molecule has 0 bridgehead atoms. The Morgan fingerprint density at radius 1 is 1.14 bits per heavy atom. The lowest BCUT2D eigenvalue weighted by atomic mass is 9.98. The molecule has 1 atom stereocenters. The van der Waals surface area contributed by atoms with Crippen LogP contribution in [0.2, 0.25) is 0 Å². The van der Waals surface area contributed by atoms with E-state index in [0.717, 1.165) is 20.9 Å². The number of benzene rings is 2. The molecule has 1 aliphatic heterocycles. The van der Waals surface area contributed by atoms with Crippen LogP contribution in [0.25, 0.3) is 5.69 Å². The molecule has 4 rings (SSSR count). The average Bonchev–Trinajstić information content (AvgIpc) is 2.88. The summed E-state index contributed by atoms with van der Waals surface area (Å²) in [6, 6.07) is 11.4. The number of aromatic nitrogens is 3. The number of hydrogen-bond acceptors (Lipinski definition) is 6. The van der Waals surface area contributed by atoms with Gasteiger partial charge in [-0.15, -0.1) is 0 Å². The molecule has 0 aliphatic carbocycles. The Labute approximate surface area is 213 Å². The molecule has 1 aliphatic rings. The molecule has 1 amide bonds. The summed E-state index contributed by atoms with van der Waals surface area (Å²) in [4.78, 5) is 54.0. The zero-order valence-electron chi connectivity index (χ0n) is 21.1. The van der Waals surface area contributed by atoms with Crippen molar-refractivity contribution in [3.05, 3.63) is 91.5 Å². The van der Waals surface area contributed by atoms with Crippen LogP contribution < -0.4 is 11.2 Å². The molecular weight excluding hydrogens is 479 g/mol. The largest absolute Gasteiger partial charge is 0.466 e. The molecule has 0 saturated carbocycles. The number of likely N-dealkylation sites (tertiary alicyclic amines) is 1. The van der Waals surface area contributed by atoms with E-state index >= 15 is 0 Å². The molecule has 194 valence electrons. The van der Waals surface area contributed by atoms with E-state index < -0.39 is 40.6 Å². The summed E-state index contributed by atoms with van der Waals surface area (Å²) >= 11 is 0. The van der Waals surface area contributed by atoms with Crippen LogP contribution in [0.15, 0.2) is 52.1 Å². The van der Waals surface area contributed by atoms with Crippen molar-refractivity contribution in [2.24, 2.45) is 5.92 Å². The predicted molar refractivity (Wildman–Crippen MR) is 134 cm³/mol. The fraction of sp³-hybridized carbons (Fsp3) is 0.370. The molecular formula is C27H29FN4O5. The Hall–Kier alpha value is -4.08. The van der Waals surface area contributed by atoms with E-state index in [4.69, 9.17) is 4.74 Å².